The van der Waals surface area contributed by atoms with E-state index in [0.29, 0.717) is 0 Å². The summed E-state index contributed by atoms with van der Waals surface area (Å²) in [7, 11) is 0. The Bertz CT molecular complexity index is 941. The van der Waals surface area contributed by atoms with Crippen LogP contribution >= 0.6 is 0 Å². The number of halogens is 1. The van der Waals surface area contributed by atoms with E-state index in [0.717, 1.165) is 6.20 Å². The SMILES string of the molecule is CC#CC1(N)[C@@H](O)[C@@H]([C@@H](C)O)O[C@H]1n1cc(F)c2c(=O)[nH]c(C)nc21. The van der Waals surface area contributed by atoms with Crippen molar-refractivity contribution in [2.75, 3.05) is 0 Å². The molecule has 0 spiro atoms. The number of aliphatic hydroxyl groups excluding tert-OH is 2. The van der Waals surface area contributed by atoms with Crippen molar-refractivity contribution < 1.29 is 19.3 Å². The van der Waals surface area contributed by atoms with Crippen LogP contribution in [0.4, 0.5) is 4.39 Å². The van der Waals surface area contributed by atoms with Crippen LogP contribution in [-0.4, -0.2) is 48.6 Å². The van der Waals surface area contributed by atoms with Crippen LogP contribution < -0.4 is 11.3 Å². The second-order valence-corrected chi connectivity index (χ2v) is 6.18. The lowest BCUT2D eigenvalue weighted by atomic mass is 9.90. The summed E-state index contributed by atoms with van der Waals surface area (Å²) in [5.41, 5.74) is 4.05. The van der Waals surface area contributed by atoms with Crippen molar-refractivity contribution in [2.24, 2.45) is 5.73 Å². The minimum Gasteiger partial charge on any atom is -0.391 e. The Morgan fingerprint density at radius 3 is 2.88 bits per heavy atom. The van der Waals surface area contributed by atoms with Crippen LogP contribution in [0.25, 0.3) is 11.0 Å². The first-order valence-corrected chi connectivity index (χ1v) is 7.72. The van der Waals surface area contributed by atoms with E-state index in [9.17, 15) is 19.4 Å². The van der Waals surface area contributed by atoms with Crippen molar-refractivity contribution in [1.29, 1.82) is 0 Å². The molecule has 0 amide bonds. The van der Waals surface area contributed by atoms with E-state index >= 15 is 0 Å². The molecule has 2 aromatic heterocycles. The number of aryl methyl sites for hydroxylation is 1. The van der Waals surface area contributed by atoms with E-state index in [1.54, 1.807) is 6.92 Å². The zero-order chi connectivity index (χ0) is 18.5. The van der Waals surface area contributed by atoms with Gasteiger partial charge >= 0.3 is 0 Å². The molecule has 1 fully saturated rings. The smallest absolute Gasteiger partial charge is 0.263 e. The highest BCUT2D eigenvalue weighted by atomic mass is 19.1. The average molecular weight is 350 g/mol. The quantitative estimate of drug-likeness (QED) is 0.543. The second-order valence-electron chi connectivity index (χ2n) is 6.18. The van der Waals surface area contributed by atoms with Crippen molar-refractivity contribution >= 4 is 11.0 Å². The van der Waals surface area contributed by atoms with E-state index in [-0.39, 0.29) is 16.9 Å². The number of nitrogens with one attached hydrogen (secondary N) is 1. The molecule has 3 rings (SSSR count). The van der Waals surface area contributed by atoms with Crippen LogP contribution in [0.1, 0.15) is 25.9 Å². The number of hydrogen-bond acceptors (Lipinski definition) is 6. The van der Waals surface area contributed by atoms with Gasteiger partial charge in [0, 0.05) is 6.20 Å². The summed E-state index contributed by atoms with van der Waals surface area (Å²) in [4.78, 5) is 18.6. The lowest BCUT2D eigenvalue weighted by Crippen LogP contribution is -2.54. The predicted octanol–water partition coefficient (Wildman–Crippen LogP) is -0.468. The second kappa shape index (κ2) is 5.93. The molecular formula is C16H19FN4O4. The molecule has 9 heteroatoms. The van der Waals surface area contributed by atoms with Gasteiger partial charge in [-0.3, -0.25) is 9.36 Å². The van der Waals surface area contributed by atoms with Crippen LogP contribution in [0.5, 0.6) is 0 Å². The number of aliphatic hydroxyl groups is 2. The number of ether oxygens (including phenoxy) is 1. The van der Waals surface area contributed by atoms with E-state index in [2.05, 4.69) is 21.8 Å². The van der Waals surface area contributed by atoms with Crippen LogP contribution in [0, 0.1) is 24.6 Å². The summed E-state index contributed by atoms with van der Waals surface area (Å²) in [6, 6.07) is 0. The van der Waals surface area contributed by atoms with Gasteiger partial charge in [-0.25, -0.2) is 9.37 Å². The molecule has 0 radical (unpaired) electrons. The standard InChI is InChI=1S/C16H19FN4O4/c1-4-5-16(18)12(23)11(7(2)22)25-15(16)21-6-9(17)10-13(21)19-8(3)20-14(10)24/h6-7,11-12,15,22-23H,18H2,1-3H3,(H,19,20,24)/t7-,11-,12+,15-,16?/m1/s1. The molecule has 134 valence electrons. The van der Waals surface area contributed by atoms with Crippen LogP contribution in [0.2, 0.25) is 0 Å². The lowest BCUT2D eigenvalue weighted by molar-refractivity contribution is -0.0756. The Kier molecular flexibility index (Phi) is 4.17. The molecule has 5 atom stereocenters. The normalized spacial score (nSPS) is 30.3. The minimum absolute atomic E-state index is 0.0231. The molecule has 3 heterocycles. The first-order chi connectivity index (χ1) is 11.7. The molecular weight excluding hydrogens is 331 g/mol. The maximum Gasteiger partial charge on any atom is 0.263 e. The Morgan fingerprint density at radius 2 is 2.28 bits per heavy atom. The van der Waals surface area contributed by atoms with Crippen LogP contribution in [0.15, 0.2) is 11.0 Å². The zero-order valence-electron chi connectivity index (χ0n) is 13.9. The fraction of sp³-hybridized carbons (Fsp3) is 0.500. The molecule has 0 aromatic carbocycles. The Labute approximate surface area is 142 Å². The molecule has 2 aromatic rings. The number of nitrogens with zero attached hydrogens (tertiary/aromatic N) is 2. The summed E-state index contributed by atoms with van der Waals surface area (Å²) < 4.78 is 21.3. The molecule has 1 saturated heterocycles. The number of H-pyrrole nitrogens is 1. The number of aromatic amines is 1. The van der Waals surface area contributed by atoms with E-state index in [1.807, 2.05) is 0 Å². The molecule has 0 bridgehead atoms. The van der Waals surface area contributed by atoms with Gasteiger partial charge in [0.15, 0.2) is 23.2 Å². The molecule has 25 heavy (non-hydrogen) atoms. The molecule has 1 unspecified atom stereocenters. The van der Waals surface area contributed by atoms with E-state index in [1.165, 1.54) is 18.4 Å². The summed E-state index contributed by atoms with van der Waals surface area (Å²) >= 11 is 0. The average Bonchev–Trinajstić information content (AvgIpc) is 2.96. The van der Waals surface area contributed by atoms with Crippen molar-refractivity contribution in [1.82, 2.24) is 14.5 Å². The summed E-state index contributed by atoms with van der Waals surface area (Å²) in [6.45, 7) is 4.54. The predicted molar refractivity (Wildman–Crippen MR) is 87.0 cm³/mol. The highest BCUT2D eigenvalue weighted by Gasteiger charge is 2.56. The highest BCUT2D eigenvalue weighted by Crippen LogP contribution is 2.39. The van der Waals surface area contributed by atoms with Gasteiger partial charge in [0.1, 0.15) is 23.4 Å². The maximum atomic E-state index is 14.3. The fourth-order valence-corrected chi connectivity index (χ4v) is 3.18. The van der Waals surface area contributed by atoms with Gasteiger partial charge < -0.3 is 25.7 Å². The Hall–Kier alpha value is -2.25. The molecule has 0 aliphatic carbocycles. The van der Waals surface area contributed by atoms with Gasteiger partial charge in [0.25, 0.3) is 5.56 Å². The third-order valence-corrected chi connectivity index (χ3v) is 4.32. The number of nitrogens with two attached hydrogens (primary N) is 1. The Morgan fingerprint density at radius 1 is 1.60 bits per heavy atom. The summed E-state index contributed by atoms with van der Waals surface area (Å²) in [6.07, 6.45) is -3.50. The number of rotatable bonds is 2. The minimum atomic E-state index is -1.62. The molecule has 5 N–H and O–H groups in total. The largest absolute Gasteiger partial charge is 0.391 e. The van der Waals surface area contributed by atoms with Crippen LogP contribution in [0.3, 0.4) is 0 Å². The number of fused-ring (bicyclic) bond motifs is 1. The van der Waals surface area contributed by atoms with Gasteiger partial charge in [0.2, 0.25) is 0 Å². The number of hydrogen-bond donors (Lipinski definition) is 4. The summed E-state index contributed by atoms with van der Waals surface area (Å²) in [5, 5.41) is 20.1. The van der Waals surface area contributed by atoms with Gasteiger partial charge in [-0.2, -0.15) is 0 Å². The van der Waals surface area contributed by atoms with Gasteiger partial charge in [-0.15, -0.1) is 5.92 Å². The van der Waals surface area contributed by atoms with Crippen molar-refractivity contribution in [2.45, 2.75) is 50.8 Å². The van der Waals surface area contributed by atoms with Crippen molar-refractivity contribution in [3.05, 3.63) is 28.2 Å². The monoisotopic (exact) mass is 350 g/mol. The maximum absolute atomic E-state index is 14.3. The van der Waals surface area contributed by atoms with Gasteiger partial charge in [-0.05, 0) is 20.8 Å². The Balaban J connectivity index is 2.25. The molecule has 1 aliphatic heterocycles. The first kappa shape index (κ1) is 17.6. The summed E-state index contributed by atoms with van der Waals surface area (Å²) in [5.74, 6) is 4.80. The third kappa shape index (κ3) is 2.54. The topological polar surface area (TPSA) is 126 Å². The first-order valence-electron chi connectivity index (χ1n) is 7.72. The van der Waals surface area contributed by atoms with Gasteiger partial charge in [-0.1, -0.05) is 5.92 Å². The zero-order valence-corrected chi connectivity index (χ0v) is 13.9. The molecule has 8 nitrogen and oxygen atoms in total. The third-order valence-electron chi connectivity index (χ3n) is 4.32. The van der Waals surface area contributed by atoms with Gasteiger partial charge in [0.05, 0.1) is 6.10 Å². The lowest BCUT2D eigenvalue weighted by Gasteiger charge is -2.28. The van der Waals surface area contributed by atoms with Crippen LogP contribution in [-0.2, 0) is 4.74 Å². The highest BCUT2D eigenvalue weighted by molar-refractivity contribution is 5.76. The number of aromatic nitrogens is 3. The van der Waals surface area contributed by atoms with Crippen molar-refractivity contribution in [3.8, 4) is 11.8 Å². The van der Waals surface area contributed by atoms with E-state index < -0.39 is 41.5 Å². The van der Waals surface area contributed by atoms with Crippen molar-refractivity contribution in [3.63, 3.8) is 0 Å². The van der Waals surface area contributed by atoms with E-state index in [4.69, 9.17) is 10.5 Å². The fourth-order valence-electron chi connectivity index (χ4n) is 3.18. The molecule has 1 aliphatic rings. The molecule has 0 saturated carbocycles.